The van der Waals surface area contributed by atoms with Crippen molar-refractivity contribution in [2.45, 2.75) is 4.90 Å². The molecule has 140 valence electrons. The van der Waals surface area contributed by atoms with Gasteiger partial charge in [-0.15, -0.1) is 0 Å². The van der Waals surface area contributed by atoms with Crippen LogP contribution in [0.1, 0.15) is 5.56 Å². The Morgan fingerprint density at radius 1 is 1.04 bits per heavy atom. The van der Waals surface area contributed by atoms with Crippen LogP contribution in [-0.2, 0) is 10.0 Å². The average molecular weight is 387 g/mol. The number of anilines is 2. The van der Waals surface area contributed by atoms with Gasteiger partial charge in [0.15, 0.2) is 0 Å². The first kappa shape index (κ1) is 18.6. The molecule has 2 aromatic rings. The van der Waals surface area contributed by atoms with Gasteiger partial charge in [-0.3, -0.25) is 10.1 Å². The molecule has 0 radical (unpaired) electrons. The predicted molar refractivity (Wildman–Crippen MR) is 100 cm³/mol. The minimum atomic E-state index is -3.85. The first-order chi connectivity index (χ1) is 12.8. The van der Waals surface area contributed by atoms with Gasteiger partial charge in [0, 0.05) is 32.2 Å². The van der Waals surface area contributed by atoms with Gasteiger partial charge in [0.1, 0.15) is 10.6 Å². The van der Waals surface area contributed by atoms with E-state index in [4.69, 9.17) is 10.4 Å². The maximum absolute atomic E-state index is 11.8. The SMILES string of the molecule is N#Cc1ccc(N2CCN(c3ccccc3S(N)(=O)=O)CC2)c([N+](=O)[O-])c1. The second-order valence-corrected chi connectivity index (χ2v) is 7.59. The summed E-state index contributed by atoms with van der Waals surface area (Å²) in [5, 5.41) is 25.6. The van der Waals surface area contributed by atoms with Gasteiger partial charge in [-0.05, 0) is 24.3 Å². The third-order valence-corrected chi connectivity index (χ3v) is 5.39. The standard InChI is InChI=1S/C17H17N5O4S/c18-12-13-5-6-14(16(11-13)22(23)24)20-7-9-21(10-8-20)15-3-1-2-4-17(15)27(19,25)26/h1-6,11H,7-10H2,(H2,19,25,26). The largest absolute Gasteiger partial charge is 0.367 e. The number of nitrogens with zero attached hydrogens (tertiary/aromatic N) is 4. The second kappa shape index (κ2) is 7.22. The Hall–Kier alpha value is -3.16. The number of nitriles is 1. The van der Waals surface area contributed by atoms with Crippen LogP contribution in [0.5, 0.6) is 0 Å². The van der Waals surface area contributed by atoms with E-state index in [1.807, 2.05) is 15.9 Å². The molecule has 0 spiro atoms. The molecule has 3 rings (SSSR count). The Bertz CT molecular complexity index is 1020. The molecule has 1 heterocycles. The van der Waals surface area contributed by atoms with E-state index in [-0.39, 0.29) is 16.1 Å². The quantitative estimate of drug-likeness (QED) is 0.620. The van der Waals surface area contributed by atoms with E-state index in [9.17, 15) is 18.5 Å². The molecule has 9 nitrogen and oxygen atoms in total. The van der Waals surface area contributed by atoms with Crippen molar-refractivity contribution in [2.75, 3.05) is 36.0 Å². The molecule has 1 aliphatic heterocycles. The van der Waals surface area contributed by atoms with Crippen LogP contribution < -0.4 is 14.9 Å². The van der Waals surface area contributed by atoms with Gasteiger partial charge >= 0.3 is 0 Å². The van der Waals surface area contributed by atoms with Gasteiger partial charge in [0.2, 0.25) is 10.0 Å². The Balaban J connectivity index is 1.84. The Kier molecular flexibility index (Phi) is 4.98. The fourth-order valence-corrected chi connectivity index (χ4v) is 3.91. The maximum Gasteiger partial charge on any atom is 0.293 e. The normalized spacial score (nSPS) is 14.7. The average Bonchev–Trinajstić information content (AvgIpc) is 2.67. The number of hydrogen-bond acceptors (Lipinski definition) is 7. The second-order valence-electron chi connectivity index (χ2n) is 6.06. The number of para-hydroxylation sites is 1. The molecule has 0 unspecified atom stereocenters. The van der Waals surface area contributed by atoms with Gasteiger partial charge in [0.25, 0.3) is 5.69 Å². The lowest BCUT2D eigenvalue weighted by Gasteiger charge is -2.37. The molecular weight excluding hydrogens is 370 g/mol. The van der Waals surface area contributed by atoms with E-state index in [0.29, 0.717) is 37.6 Å². The molecule has 2 N–H and O–H groups in total. The molecule has 27 heavy (non-hydrogen) atoms. The highest BCUT2D eigenvalue weighted by Gasteiger charge is 2.26. The molecule has 1 saturated heterocycles. The van der Waals surface area contributed by atoms with Crippen LogP contribution in [0, 0.1) is 21.4 Å². The lowest BCUT2D eigenvalue weighted by Crippen LogP contribution is -2.47. The Labute approximate surface area is 156 Å². The van der Waals surface area contributed by atoms with Crippen LogP contribution in [0.15, 0.2) is 47.4 Å². The summed E-state index contributed by atoms with van der Waals surface area (Å²) < 4.78 is 23.6. The molecule has 0 saturated carbocycles. The molecule has 0 amide bonds. The van der Waals surface area contributed by atoms with Gasteiger partial charge in [0.05, 0.1) is 22.2 Å². The highest BCUT2D eigenvalue weighted by molar-refractivity contribution is 7.89. The van der Waals surface area contributed by atoms with Crippen LogP contribution in [0.3, 0.4) is 0 Å². The van der Waals surface area contributed by atoms with Crippen molar-refractivity contribution in [1.82, 2.24) is 0 Å². The molecule has 0 atom stereocenters. The van der Waals surface area contributed by atoms with Gasteiger partial charge < -0.3 is 9.80 Å². The summed E-state index contributed by atoms with van der Waals surface area (Å²) in [6.07, 6.45) is 0. The number of sulfonamides is 1. The molecule has 1 aliphatic rings. The summed E-state index contributed by atoms with van der Waals surface area (Å²) in [7, 11) is -3.85. The van der Waals surface area contributed by atoms with Crippen LogP contribution in [0.2, 0.25) is 0 Å². The highest BCUT2D eigenvalue weighted by Crippen LogP contribution is 2.31. The number of nitrogens with two attached hydrogens (primary N) is 1. The summed E-state index contributed by atoms with van der Waals surface area (Å²) in [4.78, 5) is 14.7. The number of piperazine rings is 1. The van der Waals surface area contributed by atoms with Crippen molar-refractivity contribution in [1.29, 1.82) is 5.26 Å². The fourth-order valence-electron chi connectivity index (χ4n) is 3.15. The zero-order valence-electron chi connectivity index (χ0n) is 14.3. The third-order valence-electron chi connectivity index (χ3n) is 4.43. The minimum absolute atomic E-state index is 0.0582. The minimum Gasteiger partial charge on any atom is -0.367 e. The van der Waals surface area contributed by atoms with Crippen LogP contribution in [0.4, 0.5) is 17.1 Å². The third kappa shape index (κ3) is 3.84. The Morgan fingerprint density at radius 3 is 2.19 bits per heavy atom. The number of benzene rings is 2. The molecule has 2 aromatic carbocycles. The lowest BCUT2D eigenvalue weighted by molar-refractivity contribution is -0.384. The summed E-state index contributed by atoms with van der Waals surface area (Å²) in [6, 6.07) is 12.8. The van der Waals surface area contributed by atoms with Crippen molar-refractivity contribution in [3.8, 4) is 6.07 Å². The van der Waals surface area contributed by atoms with Crippen molar-refractivity contribution < 1.29 is 13.3 Å². The van der Waals surface area contributed by atoms with Crippen molar-refractivity contribution in [2.24, 2.45) is 5.14 Å². The molecule has 1 fully saturated rings. The molecular formula is C17H17N5O4S. The molecule has 0 aliphatic carbocycles. The zero-order chi connectivity index (χ0) is 19.6. The van der Waals surface area contributed by atoms with E-state index < -0.39 is 14.9 Å². The van der Waals surface area contributed by atoms with E-state index in [2.05, 4.69) is 0 Å². The van der Waals surface area contributed by atoms with Crippen LogP contribution in [-0.4, -0.2) is 39.5 Å². The van der Waals surface area contributed by atoms with Gasteiger partial charge in [-0.1, -0.05) is 12.1 Å². The molecule has 0 aromatic heterocycles. The number of primary sulfonamides is 1. The van der Waals surface area contributed by atoms with E-state index >= 15 is 0 Å². The number of rotatable bonds is 4. The lowest BCUT2D eigenvalue weighted by atomic mass is 10.1. The molecule has 10 heteroatoms. The Morgan fingerprint density at radius 2 is 1.63 bits per heavy atom. The van der Waals surface area contributed by atoms with E-state index in [1.165, 1.54) is 12.1 Å². The monoisotopic (exact) mass is 387 g/mol. The van der Waals surface area contributed by atoms with Gasteiger partial charge in [-0.2, -0.15) is 5.26 Å². The van der Waals surface area contributed by atoms with Crippen molar-refractivity contribution in [3.63, 3.8) is 0 Å². The van der Waals surface area contributed by atoms with Crippen molar-refractivity contribution in [3.05, 3.63) is 58.1 Å². The first-order valence-electron chi connectivity index (χ1n) is 8.11. The fraction of sp³-hybridized carbons (Fsp3) is 0.235. The van der Waals surface area contributed by atoms with Crippen LogP contribution in [0.25, 0.3) is 0 Å². The number of nitro benzene ring substituents is 1. The summed E-state index contributed by atoms with van der Waals surface area (Å²) in [6.45, 7) is 1.88. The van der Waals surface area contributed by atoms with E-state index in [0.717, 1.165) is 0 Å². The summed E-state index contributed by atoms with van der Waals surface area (Å²) >= 11 is 0. The number of hydrogen-bond donors (Lipinski definition) is 1. The zero-order valence-corrected chi connectivity index (χ0v) is 15.1. The topological polar surface area (TPSA) is 134 Å². The maximum atomic E-state index is 11.8. The summed E-state index contributed by atoms with van der Waals surface area (Å²) in [5.74, 6) is 0. The van der Waals surface area contributed by atoms with E-state index in [1.54, 1.807) is 30.3 Å². The predicted octanol–water partition coefficient (Wildman–Crippen LogP) is 1.44. The first-order valence-corrected chi connectivity index (χ1v) is 9.66. The van der Waals surface area contributed by atoms with Gasteiger partial charge in [-0.25, -0.2) is 13.6 Å². The number of nitro groups is 1. The highest BCUT2D eigenvalue weighted by atomic mass is 32.2. The van der Waals surface area contributed by atoms with Crippen LogP contribution >= 0.6 is 0 Å². The smallest absolute Gasteiger partial charge is 0.293 e. The summed E-state index contributed by atoms with van der Waals surface area (Å²) in [5.41, 5.74) is 1.07. The molecule has 0 bridgehead atoms. The van der Waals surface area contributed by atoms with Crippen molar-refractivity contribution >= 4 is 27.1 Å².